The third-order valence-electron chi connectivity index (χ3n) is 3.78. The molecular formula is C16H32N2O2. The summed E-state index contributed by atoms with van der Waals surface area (Å²) in [7, 11) is 3.59. The van der Waals surface area contributed by atoms with Crippen LogP contribution in [0, 0.1) is 11.3 Å². The maximum absolute atomic E-state index is 12.4. The van der Waals surface area contributed by atoms with Gasteiger partial charge in [0.05, 0.1) is 7.11 Å². The van der Waals surface area contributed by atoms with Gasteiger partial charge >= 0.3 is 5.97 Å². The molecular weight excluding hydrogens is 252 g/mol. The predicted molar refractivity (Wildman–Crippen MR) is 82.7 cm³/mol. The van der Waals surface area contributed by atoms with Crippen molar-refractivity contribution >= 4 is 5.97 Å². The van der Waals surface area contributed by atoms with Crippen molar-refractivity contribution in [1.82, 2.24) is 10.2 Å². The molecule has 1 atom stereocenters. The minimum atomic E-state index is -0.523. The second-order valence-corrected chi connectivity index (χ2v) is 7.40. The molecule has 118 valence electrons. The normalized spacial score (nSPS) is 18.9. The molecule has 4 heteroatoms. The molecule has 0 saturated heterocycles. The molecule has 20 heavy (non-hydrogen) atoms. The third-order valence-corrected chi connectivity index (χ3v) is 3.78. The van der Waals surface area contributed by atoms with E-state index in [1.165, 1.54) is 7.11 Å². The lowest BCUT2D eigenvalue weighted by Crippen LogP contribution is -2.61. The molecule has 1 saturated carbocycles. The van der Waals surface area contributed by atoms with Crippen LogP contribution in [0.2, 0.25) is 0 Å². The molecule has 0 heterocycles. The van der Waals surface area contributed by atoms with Crippen molar-refractivity contribution in [1.29, 1.82) is 0 Å². The van der Waals surface area contributed by atoms with E-state index in [-0.39, 0.29) is 11.4 Å². The zero-order valence-electron chi connectivity index (χ0n) is 14.1. The monoisotopic (exact) mass is 284 g/mol. The average Bonchev–Trinajstić information content (AvgIpc) is 3.15. The Bertz CT molecular complexity index is 321. The molecule has 1 aliphatic rings. The molecule has 1 fully saturated rings. The molecule has 0 aliphatic heterocycles. The number of hydrogen-bond donors (Lipinski definition) is 1. The Morgan fingerprint density at radius 2 is 1.90 bits per heavy atom. The molecule has 1 rings (SSSR count). The maximum atomic E-state index is 12.4. The Hall–Kier alpha value is -0.610. The summed E-state index contributed by atoms with van der Waals surface area (Å²) in [5.74, 6) is 0.318. The maximum Gasteiger partial charge on any atom is 0.327 e. The summed E-state index contributed by atoms with van der Waals surface area (Å²) in [6.07, 6.45) is 3.26. The van der Waals surface area contributed by atoms with Gasteiger partial charge in [0, 0.05) is 13.1 Å². The van der Waals surface area contributed by atoms with Gasteiger partial charge in [-0.15, -0.1) is 0 Å². The molecule has 0 amide bonds. The number of carbonyl (C=O) groups is 1. The van der Waals surface area contributed by atoms with E-state index >= 15 is 0 Å². The minimum absolute atomic E-state index is 0.103. The van der Waals surface area contributed by atoms with E-state index in [4.69, 9.17) is 4.74 Å². The first-order valence-corrected chi connectivity index (χ1v) is 7.77. The summed E-state index contributed by atoms with van der Waals surface area (Å²) >= 11 is 0. The zero-order valence-corrected chi connectivity index (χ0v) is 14.1. The SMILES string of the molecule is CCCNC(CN(C)CC(C)(C)C)(C(=O)OC)C1CC1. The van der Waals surface area contributed by atoms with Gasteiger partial charge in [0.15, 0.2) is 0 Å². The molecule has 0 aromatic rings. The van der Waals surface area contributed by atoms with Crippen LogP contribution >= 0.6 is 0 Å². The Balaban J connectivity index is 2.82. The highest BCUT2D eigenvalue weighted by molar-refractivity contribution is 5.82. The lowest BCUT2D eigenvalue weighted by Gasteiger charge is -2.38. The van der Waals surface area contributed by atoms with E-state index in [0.29, 0.717) is 5.92 Å². The van der Waals surface area contributed by atoms with Gasteiger partial charge in [-0.3, -0.25) is 0 Å². The van der Waals surface area contributed by atoms with Crippen LogP contribution in [0.4, 0.5) is 0 Å². The number of carbonyl (C=O) groups excluding carboxylic acids is 1. The van der Waals surface area contributed by atoms with E-state index < -0.39 is 5.54 Å². The Morgan fingerprint density at radius 3 is 2.30 bits per heavy atom. The first-order chi connectivity index (χ1) is 9.25. The van der Waals surface area contributed by atoms with E-state index in [1.807, 2.05) is 0 Å². The van der Waals surface area contributed by atoms with Crippen LogP contribution in [0.5, 0.6) is 0 Å². The second kappa shape index (κ2) is 6.90. The zero-order chi connectivity index (χ0) is 15.4. The number of ether oxygens (including phenoxy) is 1. The van der Waals surface area contributed by atoms with Gasteiger partial charge in [-0.25, -0.2) is 4.79 Å². The first-order valence-electron chi connectivity index (χ1n) is 7.77. The van der Waals surface area contributed by atoms with Gasteiger partial charge in [0.25, 0.3) is 0 Å². The summed E-state index contributed by atoms with van der Waals surface area (Å²) in [6, 6.07) is 0. The van der Waals surface area contributed by atoms with Crippen molar-refractivity contribution in [2.45, 2.75) is 52.5 Å². The topological polar surface area (TPSA) is 41.6 Å². The lowest BCUT2D eigenvalue weighted by atomic mass is 9.90. The Kier molecular flexibility index (Phi) is 6.02. The molecule has 4 nitrogen and oxygen atoms in total. The van der Waals surface area contributed by atoms with Crippen LogP contribution in [0.15, 0.2) is 0 Å². The van der Waals surface area contributed by atoms with Gasteiger partial charge in [-0.1, -0.05) is 27.7 Å². The first kappa shape index (κ1) is 17.4. The van der Waals surface area contributed by atoms with Gasteiger partial charge < -0.3 is 15.0 Å². The van der Waals surface area contributed by atoms with Crippen molar-refractivity contribution in [3.63, 3.8) is 0 Å². The average molecular weight is 284 g/mol. The third kappa shape index (κ3) is 4.74. The number of likely N-dealkylation sites (N-methyl/N-ethyl adjacent to an activating group) is 1. The number of hydrogen-bond acceptors (Lipinski definition) is 4. The Morgan fingerprint density at radius 1 is 1.30 bits per heavy atom. The van der Waals surface area contributed by atoms with Gasteiger partial charge in [0.2, 0.25) is 0 Å². The number of nitrogens with zero attached hydrogens (tertiary/aromatic N) is 1. The van der Waals surface area contributed by atoms with E-state index in [1.54, 1.807) is 0 Å². The highest BCUT2D eigenvalue weighted by atomic mass is 16.5. The van der Waals surface area contributed by atoms with Crippen molar-refractivity contribution < 1.29 is 9.53 Å². The molecule has 0 bridgehead atoms. The Labute approximate surface area is 124 Å². The minimum Gasteiger partial charge on any atom is -0.468 e. The predicted octanol–water partition coefficient (Wildman–Crippen LogP) is 2.29. The quantitative estimate of drug-likeness (QED) is 0.694. The van der Waals surface area contributed by atoms with Crippen molar-refractivity contribution in [3.8, 4) is 0 Å². The largest absolute Gasteiger partial charge is 0.468 e. The van der Waals surface area contributed by atoms with Gasteiger partial charge in [-0.2, -0.15) is 0 Å². The summed E-state index contributed by atoms with van der Waals surface area (Å²) in [5, 5.41) is 3.50. The molecule has 0 radical (unpaired) electrons. The molecule has 0 aromatic carbocycles. The lowest BCUT2D eigenvalue weighted by molar-refractivity contribution is -0.150. The standard InChI is InChI=1S/C16H32N2O2/c1-7-10-17-16(13-8-9-13,14(19)20-6)12-18(5)11-15(2,3)4/h13,17H,7-12H2,1-6H3. The van der Waals surface area contributed by atoms with Gasteiger partial charge in [0.1, 0.15) is 5.54 Å². The van der Waals surface area contributed by atoms with Crippen LogP contribution in [-0.4, -0.2) is 50.2 Å². The van der Waals surface area contributed by atoms with E-state index in [9.17, 15) is 4.79 Å². The van der Waals surface area contributed by atoms with Crippen LogP contribution in [0.25, 0.3) is 0 Å². The molecule has 0 spiro atoms. The van der Waals surface area contributed by atoms with Crippen molar-refractivity contribution in [2.75, 3.05) is 33.8 Å². The molecule has 1 unspecified atom stereocenters. The van der Waals surface area contributed by atoms with Crippen molar-refractivity contribution in [3.05, 3.63) is 0 Å². The number of methoxy groups -OCH3 is 1. The summed E-state index contributed by atoms with van der Waals surface area (Å²) in [4.78, 5) is 14.7. The van der Waals surface area contributed by atoms with Gasteiger partial charge in [-0.05, 0) is 44.2 Å². The van der Waals surface area contributed by atoms with Crippen LogP contribution in [-0.2, 0) is 9.53 Å². The van der Waals surface area contributed by atoms with Crippen LogP contribution in [0.3, 0.4) is 0 Å². The number of rotatable bonds is 8. The number of esters is 1. The highest BCUT2D eigenvalue weighted by Crippen LogP contribution is 2.41. The second-order valence-electron chi connectivity index (χ2n) is 7.40. The molecule has 1 N–H and O–H groups in total. The fourth-order valence-electron chi connectivity index (χ4n) is 3.03. The number of nitrogens with one attached hydrogen (secondary N) is 1. The smallest absolute Gasteiger partial charge is 0.327 e. The molecule has 0 aromatic heterocycles. The fraction of sp³-hybridized carbons (Fsp3) is 0.938. The van der Waals surface area contributed by atoms with Crippen LogP contribution < -0.4 is 5.32 Å². The highest BCUT2D eigenvalue weighted by Gasteiger charge is 2.52. The summed E-state index contributed by atoms with van der Waals surface area (Å²) < 4.78 is 5.12. The van der Waals surface area contributed by atoms with E-state index in [0.717, 1.165) is 38.9 Å². The fourth-order valence-corrected chi connectivity index (χ4v) is 3.03. The van der Waals surface area contributed by atoms with E-state index in [2.05, 4.69) is 45.0 Å². The van der Waals surface area contributed by atoms with Crippen LogP contribution in [0.1, 0.15) is 47.0 Å². The summed E-state index contributed by atoms with van der Waals surface area (Å²) in [5.41, 5.74) is -0.296. The van der Waals surface area contributed by atoms with Crippen molar-refractivity contribution in [2.24, 2.45) is 11.3 Å². The molecule has 1 aliphatic carbocycles. The summed E-state index contributed by atoms with van der Waals surface area (Å²) in [6.45, 7) is 11.3.